The van der Waals surface area contributed by atoms with E-state index in [1.807, 2.05) is 24.3 Å². The van der Waals surface area contributed by atoms with Crippen molar-refractivity contribution < 1.29 is 19.1 Å². The molecule has 1 aliphatic carbocycles. The van der Waals surface area contributed by atoms with Gasteiger partial charge < -0.3 is 14.8 Å². The minimum Gasteiger partial charge on any atom is -0.474 e. The molecule has 0 bridgehead atoms. The van der Waals surface area contributed by atoms with Gasteiger partial charge in [0.25, 0.3) is 0 Å². The molecule has 0 aliphatic heterocycles. The highest BCUT2D eigenvalue weighted by molar-refractivity contribution is 6.36. The van der Waals surface area contributed by atoms with Crippen molar-refractivity contribution in [2.24, 2.45) is 0 Å². The Morgan fingerprint density at radius 3 is 2.78 bits per heavy atom. The van der Waals surface area contributed by atoms with Gasteiger partial charge in [-0.1, -0.05) is 6.07 Å². The van der Waals surface area contributed by atoms with Crippen LogP contribution in [0.3, 0.4) is 0 Å². The Labute approximate surface area is 153 Å². The number of carboxylic acid groups (broad SMARTS) is 1. The van der Waals surface area contributed by atoms with Gasteiger partial charge in [-0.05, 0) is 48.8 Å². The molecule has 2 N–H and O–H groups in total. The Morgan fingerprint density at radius 1 is 1.19 bits per heavy atom. The summed E-state index contributed by atoms with van der Waals surface area (Å²) in [5.41, 5.74) is 2.68. The van der Waals surface area contributed by atoms with Crippen molar-refractivity contribution in [1.82, 2.24) is 4.98 Å². The summed E-state index contributed by atoms with van der Waals surface area (Å²) in [6.45, 7) is 0. The van der Waals surface area contributed by atoms with Crippen LogP contribution in [0.4, 0.5) is 5.69 Å². The molecular weight excluding hydrogens is 348 g/mol. The molecule has 4 rings (SSSR count). The molecule has 2 aromatic heterocycles. The molecule has 27 heavy (non-hydrogen) atoms. The number of carboxylic acids is 1. The molecule has 0 saturated carbocycles. The molecule has 7 nitrogen and oxygen atoms in total. The molecule has 7 heteroatoms. The number of allylic oxidation sites excluding steroid dienone is 1. The third kappa shape index (κ3) is 3.10. The largest absolute Gasteiger partial charge is 0.474 e. The van der Waals surface area contributed by atoms with Crippen LogP contribution in [0.1, 0.15) is 23.4 Å². The topological polar surface area (TPSA) is 110 Å². The van der Waals surface area contributed by atoms with Crippen molar-refractivity contribution >= 4 is 40.2 Å². The summed E-state index contributed by atoms with van der Waals surface area (Å²) in [7, 11) is 0. The summed E-state index contributed by atoms with van der Waals surface area (Å²) in [4.78, 5) is 39.1. The van der Waals surface area contributed by atoms with E-state index < -0.39 is 11.9 Å². The van der Waals surface area contributed by atoms with E-state index in [9.17, 15) is 14.4 Å². The highest BCUT2D eigenvalue weighted by Gasteiger charge is 2.24. The maximum Gasteiger partial charge on any atom is 0.394 e. The molecule has 0 radical (unpaired) electrons. The lowest BCUT2D eigenvalue weighted by Gasteiger charge is -2.06. The second-order valence-corrected chi connectivity index (χ2v) is 6.13. The number of amides is 1. The number of nitrogens with one attached hydrogen (secondary N) is 1. The van der Waals surface area contributed by atoms with Gasteiger partial charge in [-0.15, -0.1) is 0 Å². The van der Waals surface area contributed by atoms with E-state index >= 15 is 0 Å². The molecule has 3 aromatic rings. The third-order valence-corrected chi connectivity index (χ3v) is 4.38. The van der Waals surface area contributed by atoms with Crippen molar-refractivity contribution in [3.8, 4) is 0 Å². The molecule has 1 aliphatic rings. The fourth-order valence-electron chi connectivity index (χ4n) is 3.13. The van der Waals surface area contributed by atoms with Crippen LogP contribution in [0.2, 0.25) is 0 Å². The maximum atomic E-state index is 12.8. The number of fused-ring (bicyclic) bond motifs is 2. The van der Waals surface area contributed by atoms with Gasteiger partial charge in [0.1, 0.15) is 11.3 Å². The number of carbonyl (C=O) groups is 2. The lowest BCUT2D eigenvalue weighted by molar-refractivity contribution is -0.147. The van der Waals surface area contributed by atoms with Crippen LogP contribution in [0, 0.1) is 0 Å². The number of pyridine rings is 1. The van der Waals surface area contributed by atoms with Gasteiger partial charge in [0.05, 0.1) is 11.1 Å². The van der Waals surface area contributed by atoms with Crippen LogP contribution >= 0.6 is 0 Å². The predicted molar refractivity (Wildman–Crippen MR) is 99.2 cm³/mol. The normalized spacial score (nSPS) is 14.3. The first-order chi connectivity index (χ1) is 13.0. The second-order valence-electron chi connectivity index (χ2n) is 6.13. The first kappa shape index (κ1) is 16.7. The molecule has 0 fully saturated rings. The van der Waals surface area contributed by atoms with E-state index in [4.69, 9.17) is 9.52 Å². The van der Waals surface area contributed by atoms with E-state index in [0.717, 1.165) is 11.3 Å². The van der Waals surface area contributed by atoms with Crippen LogP contribution in [0.15, 0.2) is 51.8 Å². The van der Waals surface area contributed by atoms with Crippen molar-refractivity contribution in [2.75, 3.05) is 5.32 Å². The monoisotopic (exact) mass is 362 g/mol. The Hall–Kier alpha value is -3.74. The van der Waals surface area contributed by atoms with E-state index in [1.165, 1.54) is 18.2 Å². The highest BCUT2D eigenvalue weighted by atomic mass is 16.4. The molecule has 0 spiro atoms. The van der Waals surface area contributed by atoms with E-state index in [0.29, 0.717) is 29.6 Å². The van der Waals surface area contributed by atoms with Gasteiger partial charge in [0, 0.05) is 23.5 Å². The predicted octanol–water partition coefficient (Wildman–Crippen LogP) is 2.70. The lowest BCUT2D eigenvalue weighted by atomic mass is 10.1. The third-order valence-electron chi connectivity index (χ3n) is 4.38. The van der Waals surface area contributed by atoms with Crippen molar-refractivity contribution in [2.45, 2.75) is 12.8 Å². The van der Waals surface area contributed by atoms with E-state index in [2.05, 4.69) is 10.3 Å². The number of aromatic nitrogens is 1. The van der Waals surface area contributed by atoms with Crippen LogP contribution in [-0.2, 0) is 16.0 Å². The minimum atomic E-state index is -1.59. The average molecular weight is 362 g/mol. The summed E-state index contributed by atoms with van der Waals surface area (Å²) >= 11 is 0. The second kappa shape index (κ2) is 6.53. The summed E-state index contributed by atoms with van der Waals surface area (Å²) < 4.78 is 5.96. The average Bonchev–Trinajstić information content (AvgIpc) is 3.05. The van der Waals surface area contributed by atoms with Crippen LogP contribution < -0.4 is 10.7 Å². The van der Waals surface area contributed by atoms with Gasteiger partial charge >= 0.3 is 11.9 Å². The Bertz CT molecular complexity index is 1160. The van der Waals surface area contributed by atoms with Crippen LogP contribution in [0.25, 0.3) is 22.6 Å². The van der Waals surface area contributed by atoms with Crippen molar-refractivity contribution in [3.63, 3.8) is 0 Å². The summed E-state index contributed by atoms with van der Waals surface area (Å²) in [6, 6.07) is 10.0. The molecule has 2 heterocycles. The first-order valence-corrected chi connectivity index (χ1v) is 8.29. The zero-order valence-corrected chi connectivity index (χ0v) is 14.1. The summed E-state index contributed by atoms with van der Waals surface area (Å²) in [5, 5.41) is 11.3. The lowest BCUT2D eigenvalue weighted by Crippen LogP contribution is -2.21. The number of anilines is 1. The zero-order valence-electron chi connectivity index (χ0n) is 14.1. The number of hydrogen-bond donors (Lipinski definition) is 2. The summed E-state index contributed by atoms with van der Waals surface area (Å²) in [6.07, 6.45) is 4.83. The molecule has 1 amide bonds. The van der Waals surface area contributed by atoms with Gasteiger partial charge in [0.15, 0.2) is 5.43 Å². The standard InChI is InChI=1S/C20H14N2O5/c23-17-14-7-5-13(22-19(24)20(25)26)10-16(14)27-18-11(4-6-15(17)18)9-12-3-1-2-8-21-12/h1-3,5,7-10H,4,6H2,(H,22,24)(H,25,26). The molecule has 134 valence electrons. The fraction of sp³-hybridized carbons (Fsp3) is 0.100. The highest BCUT2D eigenvalue weighted by Crippen LogP contribution is 2.34. The molecule has 0 unspecified atom stereocenters. The van der Waals surface area contributed by atoms with E-state index in [-0.39, 0.29) is 16.7 Å². The minimum absolute atomic E-state index is 0.119. The quantitative estimate of drug-likeness (QED) is 0.678. The molecule has 0 saturated heterocycles. The Balaban J connectivity index is 1.80. The number of nitrogens with zero attached hydrogens (tertiary/aromatic N) is 1. The smallest absolute Gasteiger partial charge is 0.394 e. The molecule has 0 atom stereocenters. The van der Waals surface area contributed by atoms with E-state index in [1.54, 1.807) is 6.20 Å². The van der Waals surface area contributed by atoms with Gasteiger partial charge in [0.2, 0.25) is 0 Å². The van der Waals surface area contributed by atoms with Gasteiger partial charge in [-0.25, -0.2) is 4.79 Å². The Kier molecular flexibility index (Phi) is 4.04. The van der Waals surface area contributed by atoms with Gasteiger partial charge in [-0.2, -0.15) is 0 Å². The number of hydrogen-bond acceptors (Lipinski definition) is 5. The number of aliphatic carboxylic acids is 1. The first-order valence-electron chi connectivity index (χ1n) is 8.29. The maximum absolute atomic E-state index is 12.8. The zero-order chi connectivity index (χ0) is 19.0. The molecule has 1 aromatic carbocycles. The summed E-state index contributed by atoms with van der Waals surface area (Å²) in [5.74, 6) is -2.24. The number of rotatable bonds is 2. The fourth-order valence-corrected chi connectivity index (χ4v) is 3.13. The Morgan fingerprint density at radius 2 is 2.04 bits per heavy atom. The SMILES string of the molecule is O=C(O)C(=O)Nc1ccc2c(=O)c3c(oc2c1)C(=Cc1ccccn1)CC3. The number of carbonyl (C=O) groups excluding carboxylic acids is 1. The molecular formula is C20H14N2O5. The number of benzene rings is 1. The van der Waals surface area contributed by atoms with Crippen LogP contribution in [0.5, 0.6) is 0 Å². The van der Waals surface area contributed by atoms with Crippen LogP contribution in [-0.4, -0.2) is 22.0 Å². The van der Waals surface area contributed by atoms with Crippen molar-refractivity contribution in [3.05, 3.63) is 69.8 Å². The van der Waals surface area contributed by atoms with Gasteiger partial charge in [-0.3, -0.25) is 14.6 Å². The van der Waals surface area contributed by atoms with Crippen molar-refractivity contribution in [1.29, 1.82) is 0 Å².